The molecular weight excluding hydrogens is 609 g/mol. The number of anilines is 2. The molecule has 0 aliphatic heterocycles. The number of ether oxygens (including phenoxy) is 1. The molecule has 1 heterocycles. The lowest BCUT2D eigenvalue weighted by molar-refractivity contribution is -0.274. The van der Waals surface area contributed by atoms with E-state index in [1.54, 1.807) is 24.3 Å². The third-order valence-corrected chi connectivity index (χ3v) is 8.45. The fourth-order valence-corrected chi connectivity index (χ4v) is 6.17. The second-order valence-corrected chi connectivity index (χ2v) is 11.8. The van der Waals surface area contributed by atoms with E-state index in [0.717, 1.165) is 35.8 Å². The van der Waals surface area contributed by atoms with Crippen LogP contribution in [0.4, 0.5) is 28.8 Å². The molecule has 236 valence electrons. The fraction of sp³-hybridized carbons (Fsp3) is 0.312. The van der Waals surface area contributed by atoms with Crippen LogP contribution in [0.15, 0.2) is 66.7 Å². The number of urea groups is 1. The number of halogens is 3. The maximum Gasteiger partial charge on any atom is 0.573 e. The summed E-state index contributed by atoms with van der Waals surface area (Å²) in [5, 5.41) is 14.3. The van der Waals surface area contributed by atoms with Gasteiger partial charge in [0.25, 0.3) is 5.91 Å². The first-order valence-corrected chi connectivity index (χ1v) is 15.3. The van der Waals surface area contributed by atoms with Crippen molar-refractivity contribution in [2.45, 2.75) is 57.3 Å². The summed E-state index contributed by atoms with van der Waals surface area (Å²) >= 11 is 1.02. The zero-order chi connectivity index (χ0) is 32.0. The van der Waals surface area contributed by atoms with E-state index in [1.165, 1.54) is 41.9 Å². The number of fused-ring (bicyclic) bond motifs is 1. The van der Waals surface area contributed by atoms with Crippen LogP contribution in [0.25, 0.3) is 10.2 Å². The highest BCUT2D eigenvalue weighted by atomic mass is 32.1. The summed E-state index contributed by atoms with van der Waals surface area (Å²) in [5.74, 6) is -1.31. The first-order chi connectivity index (χ1) is 21.5. The number of alkyl halides is 3. The number of rotatable bonds is 10. The quantitative estimate of drug-likeness (QED) is 0.164. The van der Waals surface area contributed by atoms with Gasteiger partial charge in [-0.25, -0.2) is 9.78 Å². The van der Waals surface area contributed by atoms with Gasteiger partial charge in [0, 0.05) is 23.9 Å². The molecule has 0 unspecified atom stereocenters. The summed E-state index contributed by atoms with van der Waals surface area (Å²) < 4.78 is 42.5. The number of hydrogen-bond donors (Lipinski definition) is 3. The van der Waals surface area contributed by atoms with E-state index in [9.17, 15) is 27.6 Å². The average Bonchev–Trinajstić information content (AvgIpc) is 3.41. The third-order valence-electron chi connectivity index (χ3n) is 7.52. The van der Waals surface area contributed by atoms with Gasteiger partial charge in [-0.3, -0.25) is 19.8 Å². The average molecular weight is 641 g/mol. The van der Waals surface area contributed by atoms with E-state index in [0.29, 0.717) is 27.4 Å². The molecule has 1 aliphatic carbocycles. The van der Waals surface area contributed by atoms with Crippen LogP contribution in [0, 0.1) is 0 Å². The zero-order valence-electron chi connectivity index (χ0n) is 24.1. The summed E-state index contributed by atoms with van der Waals surface area (Å²) in [6.07, 6.45) is 0.879. The van der Waals surface area contributed by atoms with Gasteiger partial charge in [0.15, 0.2) is 5.13 Å². The van der Waals surface area contributed by atoms with Crippen molar-refractivity contribution in [1.29, 1.82) is 0 Å². The third kappa shape index (κ3) is 8.72. The molecule has 1 fully saturated rings. The van der Waals surface area contributed by atoms with Crippen molar-refractivity contribution in [2.24, 2.45) is 0 Å². The van der Waals surface area contributed by atoms with Crippen molar-refractivity contribution in [3.8, 4) is 5.75 Å². The Bertz CT molecular complexity index is 1650. The Hall–Kier alpha value is -4.65. The van der Waals surface area contributed by atoms with Crippen LogP contribution in [0.3, 0.4) is 0 Å². The number of carboxylic acids is 1. The van der Waals surface area contributed by atoms with Gasteiger partial charge in [0.05, 0.1) is 23.2 Å². The lowest BCUT2D eigenvalue weighted by Crippen LogP contribution is -2.34. The Morgan fingerprint density at radius 2 is 1.69 bits per heavy atom. The number of benzene rings is 3. The number of aromatic nitrogens is 1. The Morgan fingerprint density at radius 1 is 0.978 bits per heavy atom. The normalized spacial score (nSPS) is 13.8. The Morgan fingerprint density at radius 3 is 2.36 bits per heavy atom. The highest BCUT2D eigenvalue weighted by Crippen LogP contribution is 2.35. The minimum Gasteiger partial charge on any atom is -0.481 e. The van der Waals surface area contributed by atoms with Crippen LogP contribution in [-0.4, -0.2) is 40.9 Å². The molecule has 9 nitrogen and oxygen atoms in total. The van der Waals surface area contributed by atoms with Crippen LogP contribution >= 0.6 is 11.3 Å². The van der Waals surface area contributed by atoms with Gasteiger partial charge in [-0.2, -0.15) is 0 Å². The zero-order valence-corrected chi connectivity index (χ0v) is 24.9. The monoisotopic (exact) mass is 640 g/mol. The van der Waals surface area contributed by atoms with Crippen molar-refractivity contribution in [1.82, 2.24) is 10.3 Å². The number of hydrogen-bond acceptors (Lipinski definition) is 6. The predicted octanol–water partition coefficient (Wildman–Crippen LogP) is 7.69. The number of nitrogens with zero attached hydrogens (tertiary/aromatic N) is 2. The smallest absolute Gasteiger partial charge is 0.481 e. The largest absolute Gasteiger partial charge is 0.573 e. The topological polar surface area (TPSA) is 121 Å². The number of carbonyl (C=O) groups is 3. The van der Waals surface area contributed by atoms with Crippen molar-refractivity contribution >= 4 is 50.3 Å². The molecule has 3 aromatic carbocycles. The van der Waals surface area contributed by atoms with Crippen molar-refractivity contribution in [3.05, 3.63) is 83.4 Å². The van der Waals surface area contributed by atoms with E-state index in [4.69, 9.17) is 5.11 Å². The molecule has 13 heteroatoms. The summed E-state index contributed by atoms with van der Waals surface area (Å²) in [7, 11) is 0. The second kappa shape index (κ2) is 14.0. The molecule has 0 bridgehead atoms. The van der Waals surface area contributed by atoms with E-state index >= 15 is 0 Å². The fourth-order valence-electron chi connectivity index (χ4n) is 5.29. The van der Waals surface area contributed by atoms with Crippen LogP contribution in [0.2, 0.25) is 0 Å². The summed E-state index contributed by atoms with van der Waals surface area (Å²) in [6.45, 7) is 0.146. The van der Waals surface area contributed by atoms with Crippen LogP contribution < -0.4 is 20.3 Å². The number of thiazole rings is 1. The van der Waals surface area contributed by atoms with E-state index in [2.05, 4.69) is 20.4 Å². The number of aliphatic carboxylic acids is 1. The maximum atomic E-state index is 13.7. The Labute approximate surface area is 261 Å². The highest BCUT2D eigenvalue weighted by Gasteiger charge is 2.31. The summed E-state index contributed by atoms with van der Waals surface area (Å²) in [6, 6.07) is 17.8. The molecule has 0 spiro atoms. The molecule has 1 saturated carbocycles. The molecule has 45 heavy (non-hydrogen) atoms. The number of carbonyl (C=O) groups excluding carboxylic acids is 2. The van der Waals surface area contributed by atoms with Gasteiger partial charge in [-0.05, 0) is 66.3 Å². The lowest BCUT2D eigenvalue weighted by Gasteiger charge is -2.25. The molecule has 0 saturated heterocycles. The maximum absolute atomic E-state index is 13.7. The lowest BCUT2D eigenvalue weighted by atomic mass is 9.84. The van der Waals surface area contributed by atoms with Crippen LogP contribution in [0.1, 0.15) is 65.9 Å². The molecule has 4 aromatic rings. The Kier molecular flexibility index (Phi) is 9.87. The van der Waals surface area contributed by atoms with Gasteiger partial charge in [0.2, 0.25) is 0 Å². The van der Waals surface area contributed by atoms with E-state index in [-0.39, 0.29) is 30.4 Å². The Balaban J connectivity index is 1.35. The van der Waals surface area contributed by atoms with Crippen LogP contribution in [-0.2, 0) is 11.3 Å². The van der Waals surface area contributed by atoms with Gasteiger partial charge in [-0.15, -0.1) is 13.2 Å². The highest BCUT2D eigenvalue weighted by molar-refractivity contribution is 7.22. The first kappa shape index (κ1) is 31.8. The van der Waals surface area contributed by atoms with Gasteiger partial charge >= 0.3 is 18.4 Å². The van der Waals surface area contributed by atoms with Crippen molar-refractivity contribution in [2.75, 3.05) is 16.8 Å². The van der Waals surface area contributed by atoms with Gasteiger partial charge in [0.1, 0.15) is 5.75 Å². The molecule has 3 amide bonds. The molecule has 1 aliphatic rings. The predicted molar refractivity (Wildman–Crippen MR) is 165 cm³/mol. The minimum atomic E-state index is -4.83. The van der Waals surface area contributed by atoms with E-state index < -0.39 is 24.3 Å². The molecule has 0 atom stereocenters. The van der Waals surface area contributed by atoms with Gasteiger partial charge in [-0.1, -0.05) is 54.9 Å². The molecule has 0 radical (unpaired) electrons. The number of carboxylic acid groups (broad SMARTS) is 1. The molecular formula is C32H31F3N4O5S. The number of nitrogens with one attached hydrogen (secondary N) is 2. The van der Waals surface area contributed by atoms with E-state index in [1.807, 2.05) is 24.3 Å². The van der Waals surface area contributed by atoms with Crippen molar-refractivity contribution < 1.29 is 37.4 Å². The second-order valence-electron chi connectivity index (χ2n) is 10.7. The van der Waals surface area contributed by atoms with Crippen molar-refractivity contribution in [3.63, 3.8) is 0 Å². The SMILES string of the molecule is O=C(O)CCNC(=O)c1ccc(CN(C(=O)Nc2nc3ccc(OC(F)(F)F)cc3s2)c2ccc(C3CCCCC3)cc2)cc1. The minimum absolute atomic E-state index is 0.00313. The van der Waals surface area contributed by atoms with Gasteiger partial charge < -0.3 is 15.2 Å². The van der Waals surface area contributed by atoms with Crippen LogP contribution in [0.5, 0.6) is 5.75 Å². The number of amides is 3. The first-order valence-electron chi connectivity index (χ1n) is 14.5. The summed E-state index contributed by atoms with van der Waals surface area (Å²) in [5.41, 5.74) is 3.33. The molecule has 3 N–H and O–H groups in total. The molecule has 1 aromatic heterocycles. The molecule has 5 rings (SSSR count). The summed E-state index contributed by atoms with van der Waals surface area (Å²) in [4.78, 5) is 42.7. The standard InChI is InChI=1S/C32H31F3N4O5S/c33-32(34,35)44-25-14-15-26-27(18-25)45-30(37-26)38-31(43)39(24-12-10-22(11-13-24)21-4-2-1-3-5-21)19-20-6-8-23(9-7-20)29(42)36-17-16-28(40)41/h6-15,18,21H,1-5,16-17,19H2,(H,36,42)(H,40,41)(H,37,38,43).